The van der Waals surface area contributed by atoms with E-state index in [1.165, 1.54) is 23.5 Å². The van der Waals surface area contributed by atoms with Crippen molar-refractivity contribution in [3.63, 3.8) is 0 Å². The molecule has 7 heteroatoms. The molecule has 0 amide bonds. The van der Waals surface area contributed by atoms with Gasteiger partial charge in [0.1, 0.15) is 22.7 Å². The quantitative estimate of drug-likeness (QED) is 0.764. The van der Waals surface area contributed by atoms with Crippen molar-refractivity contribution >= 4 is 16.5 Å². The topological polar surface area (TPSA) is 87.0 Å². The Morgan fingerprint density at radius 2 is 1.92 bits per heavy atom. The van der Waals surface area contributed by atoms with E-state index >= 15 is 0 Å². The van der Waals surface area contributed by atoms with E-state index in [1.807, 2.05) is 24.3 Å². The molecule has 3 aromatic rings. The lowest BCUT2D eigenvalue weighted by Crippen LogP contribution is -2.24. The van der Waals surface area contributed by atoms with E-state index in [9.17, 15) is 4.39 Å². The maximum atomic E-state index is 14.0. The average molecular weight is 342 g/mol. The van der Waals surface area contributed by atoms with E-state index in [0.717, 1.165) is 33.0 Å². The van der Waals surface area contributed by atoms with Crippen LogP contribution in [0.25, 0.3) is 21.7 Å². The van der Waals surface area contributed by atoms with Gasteiger partial charge in [-0.2, -0.15) is 0 Å². The first kappa shape index (κ1) is 15.0. The molecule has 24 heavy (non-hydrogen) atoms. The zero-order valence-electron chi connectivity index (χ0n) is 12.7. The fourth-order valence-corrected chi connectivity index (χ4v) is 3.50. The molecule has 1 aliphatic heterocycles. The molecular formula is C17H15FN4OS. The Bertz CT molecular complexity index is 894. The standard InChI is InChI=1S/C17H15FN4OS/c18-12-5-11-6-13(8-19)23-15(11)14(7-12)9-1-3-10(4-2-9)16-21-22-17(20)24-16/h1-5,7,13H,6,8,19H2,(H2,20,22). The summed E-state index contributed by atoms with van der Waals surface area (Å²) in [6.45, 7) is 0.410. The van der Waals surface area contributed by atoms with Crippen molar-refractivity contribution in [2.24, 2.45) is 5.73 Å². The van der Waals surface area contributed by atoms with Crippen LogP contribution in [0.4, 0.5) is 9.52 Å². The van der Waals surface area contributed by atoms with E-state index in [1.54, 1.807) is 0 Å². The maximum Gasteiger partial charge on any atom is 0.203 e. The lowest BCUT2D eigenvalue weighted by molar-refractivity contribution is 0.242. The summed E-state index contributed by atoms with van der Waals surface area (Å²) in [7, 11) is 0. The van der Waals surface area contributed by atoms with Gasteiger partial charge >= 0.3 is 0 Å². The van der Waals surface area contributed by atoms with Crippen LogP contribution in [0, 0.1) is 5.82 Å². The van der Waals surface area contributed by atoms with Crippen LogP contribution in [0.5, 0.6) is 5.75 Å². The van der Waals surface area contributed by atoms with Crippen LogP contribution in [0.15, 0.2) is 36.4 Å². The van der Waals surface area contributed by atoms with E-state index in [4.69, 9.17) is 16.2 Å². The lowest BCUT2D eigenvalue weighted by Gasteiger charge is -2.11. The van der Waals surface area contributed by atoms with Gasteiger partial charge in [0, 0.05) is 29.7 Å². The van der Waals surface area contributed by atoms with Crippen molar-refractivity contribution in [1.29, 1.82) is 0 Å². The van der Waals surface area contributed by atoms with Gasteiger partial charge < -0.3 is 16.2 Å². The van der Waals surface area contributed by atoms with E-state index in [-0.39, 0.29) is 11.9 Å². The fraction of sp³-hybridized carbons (Fsp3) is 0.176. The molecule has 4 N–H and O–H groups in total. The molecule has 1 aliphatic rings. The molecule has 0 saturated carbocycles. The molecule has 0 radical (unpaired) electrons. The van der Waals surface area contributed by atoms with Gasteiger partial charge in [0.05, 0.1) is 0 Å². The lowest BCUT2D eigenvalue weighted by atomic mass is 9.99. The number of ether oxygens (including phenoxy) is 1. The Balaban J connectivity index is 1.72. The van der Waals surface area contributed by atoms with Crippen molar-refractivity contribution in [2.45, 2.75) is 12.5 Å². The highest BCUT2D eigenvalue weighted by atomic mass is 32.1. The molecular weight excluding hydrogens is 327 g/mol. The molecule has 0 bridgehead atoms. The number of nitrogen functional groups attached to an aromatic ring is 1. The molecule has 2 aromatic carbocycles. The molecule has 4 rings (SSSR count). The van der Waals surface area contributed by atoms with Gasteiger partial charge in [-0.15, -0.1) is 10.2 Å². The van der Waals surface area contributed by atoms with Crippen molar-refractivity contribution in [1.82, 2.24) is 10.2 Å². The molecule has 1 atom stereocenters. The predicted molar refractivity (Wildman–Crippen MR) is 92.3 cm³/mol. The molecule has 2 heterocycles. The van der Waals surface area contributed by atoms with E-state index < -0.39 is 0 Å². The highest BCUT2D eigenvalue weighted by Crippen LogP contribution is 2.40. The fourth-order valence-electron chi connectivity index (χ4n) is 2.88. The molecule has 0 spiro atoms. The molecule has 122 valence electrons. The summed E-state index contributed by atoms with van der Waals surface area (Å²) in [6.07, 6.45) is 0.544. The molecule has 5 nitrogen and oxygen atoms in total. The Morgan fingerprint density at radius 1 is 1.17 bits per heavy atom. The van der Waals surface area contributed by atoms with Crippen LogP contribution in [-0.4, -0.2) is 22.8 Å². The van der Waals surface area contributed by atoms with Crippen LogP contribution in [-0.2, 0) is 6.42 Å². The minimum Gasteiger partial charge on any atom is -0.488 e. The van der Waals surface area contributed by atoms with Gasteiger partial charge in [-0.05, 0) is 17.7 Å². The highest BCUT2D eigenvalue weighted by molar-refractivity contribution is 7.18. The van der Waals surface area contributed by atoms with Crippen LogP contribution in [0.1, 0.15) is 5.56 Å². The van der Waals surface area contributed by atoms with Gasteiger partial charge in [0.15, 0.2) is 0 Å². The minimum absolute atomic E-state index is 0.0933. The first-order valence-corrected chi connectivity index (χ1v) is 8.34. The number of hydrogen-bond donors (Lipinski definition) is 2. The Kier molecular flexibility index (Phi) is 3.66. The minimum atomic E-state index is -0.272. The van der Waals surface area contributed by atoms with Crippen molar-refractivity contribution < 1.29 is 9.13 Å². The zero-order valence-corrected chi connectivity index (χ0v) is 13.5. The van der Waals surface area contributed by atoms with Crippen LogP contribution in [0.3, 0.4) is 0 Å². The number of halogens is 1. The number of nitrogens with two attached hydrogens (primary N) is 2. The Hall–Kier alpha value is -2.51. The van der Waals surface area contributed by atoms with Crippen LogP contribution >= 0.6 is 11.3 Å². The van der Waals surface area contributed by atoms with Crippen molar-refractivity contribution in [2.75, 3.05) is 12.3 Å². The van der Waals surface area contributed by atoms with Crippen molar-refractivity contribution in [3.05, 3.63) is 47.8 Å². The number of anilines is 1. The van der Waals surface area contributed by atoms with E-state index in [2.05, 4.69) is 10.2 Å². The first-order valence-electron chi connectivity index (χ1n) is 7.53. The van der Waals surface area contributed by atoms with Gasteiger partial charge in [-0.1, -0.05) is 35.6 Å². The summed E-state index contributed by atoms with van der Waals surface area (Å²) < 4.78 is 19.9. The second-order valence-electron chi connectivity index (χ2n) is 5.64. The number of hydrogen-bond acceptors (Lipinski definition) is 6. The molecule has 0 saturated heterocycles. The number of benzene rings is 2. The van der Waals surface area contributed by atoms with Crippen LogP contribution in [0.2, 0.25) is 0 Å². The summed E-state index contributed by atoms with van der Waals surface area (Å²) in [5.41, 5.74) is 14.7. The Labute approximate surface area is 142 Å². The smallest absolute Gasteiger partial charge is 0.203 e. The summed E-state index contributed by atoms with van der Waals surface area (Å²) in [5, 5.41) is 9.02. The molecule has 1 unspecified atom stereocenters. The number of rotatable bonds is 3. The van der Waals surface area contributed by atoms with Crippen molar-refractivity contribution in [3.8, 4) is 27.4 Å². The maximum absolute atomic E-state index is 14.0. The summed E-state index contributed by atoms with van der Waals surface area (Å²) in [4.78, 5) is 0. The number of fused-ring (bicyclic) bond motifs is 1. The Morgan fingerprint density at radius 3 is 2.58 bits per heavy atom. The predicted octanol–water partition coefficient (Wildman–Crippen LogP) is 2.86. The highest BCUT2D eigenvalue weighted by Gasteiger charge is 2.26. The SMILES string of the molecule is NCC1Cc2cc(F)cc(-c3ccc(-c4nnc(N)s4)cc3)c2O1. The second kappa shape index (κ2) is 5.85. The van der Waals surface area contributed by atoms with E-state index in [0.29, 0.717) is 18.1 Å². The average Bonchev–Trinajstić information content (AvgIpc) is 3.20. The molecule has 1 aromatic heterocycles. The summed E-state index contributed by atoms with van der Waals surface area (Å²) >= 11 is 1.33. The third-order valence-corrected chi connectivity index (χ3v) is 4.81. The molecule has 0 aliphatic carbocycles. The number of nitrogens with zero attached hydrogens (tertiary/aromatic N) is 2. The zero-order chi connectivity index (χ0) is 16.7. The number of aromatic nitrogens is 2. The second-order valence-corrected chi connectivity index (χ2v) is 6.65. The van der Waals surface area contributed by atoms with Gasteiger partial charge in [-0.3, -0.25) is 0 Å². The van der Waals surface area contributed by atoms with Gasteiger partial charge in [0.2, 0.25) is 5.13 Å². The monoisotopic (exact) mass is 342 g/mol. The first-order chi connectivity index (χ1) is 11.6. The summed E-state index contributed by atoms with van der Waals surface area (Å²) in [5.74, 6) is 0.450. The van der Waals surface area contributed by atoms with Gasteiger partial charge in [0.25, 0.3) is 0 Å². The molecule has 0 fully saturated rings. The largest absolute Gasteiger partial charge is 0.488 e. The third kappa shape index (κ3) is 2.61. The van der Waals surface area contributed by atoms with Gasteiger partial charge in [-0.25, -0.2) is 4.39 Å². The normalized spacial score (nSPS) is 16.0. The summed E-state index contributed by atoms with van der Waals surface area (Å²) in [6, 6.07) is 10.7. The van der Waals surface area contributed by atoms with Crippen LogP contribution < -0.4 is 16.2 Å². The third-order valence-electron chi connectivity index (χ3n) is 4.01.